The van der Waals surface area contributed by atoms with Crippen LogP contribution in [-0.2, 0) is 6.54 Å². The molecule has 1 fully saturated rings. The molecule has 0 spiro atoms. The van der Waals surface area contributed by atoms with Gasteiger partial charge in [-0.1, -0.05) is 29.8 Å². The molecule has 0 bridgehead atoms. The lowest BCUT2D eigenvalue weighted by Crippen LogP contribution is -2.52. The average molecular weight is 528 g/mol. The Morgan fingerprint density at radius 1 is 1.10 bits per heavy atom. The maximum atomic E-state index is 11.8. The number of amides is 1. The average Bonchev–Trinajstić information content (AvgIpc) is 2.74. The van der Waals surface area contributed by atoms with Gasteiger partial charge in [-0.05, 0) is 35.9 Å². The van der Waals surface area contributed by atoms with Crippen LogP contribution in [0.1, 0.15) is 15.9 Å². The van der Waals surface area contributed by atoms with Crippen LogP contribution in [0.5, 0.6) is 0 Å². The molecular weight excluding hydrogens is 501 g/mol. The molecule has 0 saturated carbocycles. The number of piperazine rings is 1. The highest BCUT2D eigenvalue weighted by molar-refractivity contribution is 14.0. The van der Waals surface area contributed by atoms with Crippen molar-refractivity contribution in [1.29, 1.82) is 0 Å². The lowest BCUT2D eigenvalue weighted by molar-refractivity contribution is 0.0963. The summed E-state index contributed by atoms with van der Waals surface area (Å²) in [6, 6.07) is 15.6. The molecule has 1 heterocycles. The van der Waals surface area contributed by atoms with Crippen molar-refractivity contribution in [2.24, 2.45) is 4.99 Å². The van der Waals surface area contributed by atoms with E-state index in [9.17, 15) is 4.79 Å². The van der Waals surface area contributed by atoms with Crippen molar-refractivity contribution in [3.63, 3.8) is 0 Å². The summed E-state index contributed by atoms with van der Waals surface area (Å²) < 4.78 is 0. The summed E-state index contributed by atoms with van der Waals surface area (Å²) >= 11 is 6.11. The molecule has 1 saturated heterocycles. The van der Waals surface area contributed by atoms with E-state index in [4.69, 9.17) is 11.6 Å². The van der Waals surface area contributed by atoms with Gasteiger partial charge in [0.15, 0.2) is 5.96 Å². The summed E-state index contributed by atoms with van der Waals surface area (Å²) in [7, 11) is 3.44. The third-order valence-electron chi connectivity index (χ3n) is 4.83. The van der Waals surface area contributed by atoms with Gasteiger partial charge < -0.3 is 20.4 Å². The molecule has 8 heteroatoms. The Morgan fingerprint density at radius 3 is 2.48 bits per heavy atom. The number of guanidine groups is 1. The fourth-order valence-corrected chi connectivity index (χ4v) is 3.51. The number of nitrogens with zero attached hydrogens (tertiary/aromatic N) is 3. The number of benzene rings is 2. The first-order valence-corrected chi connectivity index (χ1v) is 9.75. The van der Waals surface area contributed by atoms with Gasteiger partial charge in [0.05, 0.1) is 0 Å². The monoisotopic (exact) mass is 527 g/mol. The third-order valence-corrected chi connectivity index (χ3v) is 5.07. The first-order valence-electron chi connectivity index (χ1n) is 9.38. The van der Waals surface area contributed by atoms with Gasteiger partial charge in [-0.25, -0.2) is 0 Å². The molecule has 2 N–H and O–H groups in total. The molecule has 3 rings (SSSR count). The van der Waals surface area contributed by atoms with E-state index in [1.807, 2.05) is 42.5 Å². The molecule has 2 aromatic carbocycles. The van der Waals surface area contributed by atoms with Gasteiger partial charge in [0, 0.05) is 63.1 Å². The molecule has 1 aliphatic heterocycles. The summed E-state index contributed by atoms with van der Waals surface area (Å²) in [6.07, 6.45) is 0. The Labute approximate surface area is 194 Å². The first-order chi connectivity index (χ1) is 13.6. The second-order valence-electron chi connectivity index (χ2n) is 6.63. The van der Waals surface area contributed by atoms with Crippen molar-refractivity contribution in [3.8, 4) is 0 Å². The maximum absolute atomic E-state index is 11.8. The Kier molecular flexibility index (Phi) is 9.03. The van der Waals surface area contributed by atoms with Crippen LogP contribution in [0.3, 0.4) is 0 Å². The van der Waals surface area contributed by atoms with Crippen molar-refractivity contribution in [3.05, 3.63) is 64.7 Å². The standard InChI is InChI=1S/C21H26ClN5O.HI/c1-23-20(28)17-6-3-5-16(13-17)15-25-21(24-2)27-11-9-26(10-12-27)19-8-4-7-18(22)14-19;/h3-8,13-14H,9-12,15H2,1-2H3,(H,23,28)(H,24,25);1H. The lowest BCUT2D eigenvalue weighted by Gasteiger charge is -2.37. The SMILES string of the molecule is CN=C(NCc1cccc(C(=O)NC)c1)N1CCN(c2cccc(Cl)c2)CC1.I. The second-order valence-corrected chi connectivity index (χ2v) is 7.07. The normalized spacial score (nSPS) is 14.2. The minimum atomic E-state index is -0.0802. The minimum Gasteiger partial charge on any atom is -0.368 e. The zero-order valence-corrected chi connectivity index (χ0v) is 19.8. The van der Waals surface area contributed by atoms with E-state index in [2.05, 4.69) is 31.5 Å². The van der Waals surface area contributed by atoms with Gasteiger partial charge in [0.2, 0.25) is 0 Å². The highest BCUT2D eigenvalue weighted by Crippen LogP contribution is 2.20. The van der Waals surface area contributed by atoms with Crippen LogP contribution >= 0.6 is 35.6 Å². The molecule has 0 aromatic heterocycles. The Bertz CT molecular complexity index is 852. The molecule has 29 heavy (non-hydrogen) atoms. The molecule has 1 amide bonds. The van der Waals surface area contributed by atoms with E-state index < -0.39 is 0 Å². The molecule has 1 aliphatic rings. The summed E-state index contributed by atoms with van der Waals surface area (Å²) in [5, 5.41) is 6.82. The molecule has 0 atom stereocenters. The summed E-state index contributed by atoms with van der Waals surface area (Å²) in [5.41, 5.74) is 2.85. The van der Waals surface area contributed by atoms with Gasteiger partial charge in [0.1, 0.15) is 0 Å². The largest absolute Gasteiger partial charge is 0.368 e. The topological polar surface area (TPSA) is 60.0 Å². The number of carbonyl (C=O) groups excluding carboxylic acids is 1. The van der Waals surface area contributed by atoms with E-state index in [0.29, 0.717) is 12.1 Å². The summed E-state index contributed by atoms with van der Waals surface area (Å²) in [6.45, 7) is 4.20. The number of nitrogens with one attached hydrogen (secondary N) is 2. The molecule has 6 nitrogen and oxygen atoms in total. The van der Waals surface area contributed by atoms with Crippen molar-refractivity contribution < 1.29 is 4.79 Å². The molecule has 2 aromatic rings. The van der Waals surface area contributed by atoms with Gasteiger partial charge in [0.25, 0.3) is 5.91 Å². The molecular formula is C21H27ClIN5O. The van der Waals surface area contributed by atoms with E-state index in [1.54, 1.807) is 14.1 Å². The van der Waals surface area contributed by atoms with Gasteiger partial charge >= 0.3 is 0 Å². The van der Waals surface area contributed by atoms with Crippen molar-refractivity contribution >= 4 is 53.1 Å². The van der Waals surface area contributed by atoms with Gasteiger partial charge in [-0.3, -0.25) is 9.79 Å². The molecule has 156 valence electrons. The number of anilines is 1. The fourth-order valence-electron chi connectivity index (χ4n) is 3.33. The van der Waals surface area contributed by atoms with Crippen molar-refractivity contribution in [2.45, 2.75) is 6.54 Å². The maximum Gasteiger partial charge on any atom is 0.251 e. The van der Waals surface area contributed by atoms with E-state index in [0.717, 1.165) is 48.4 Å². The number of aliphatic imine (C=N–C) groups is 1. The smallest absolute Gasteiger partial charge is 0.251 e. The molecule has 0 radical (unpaired) electrons. The molecule has 0 aliphatic carbocycles. The number of halogens is 2. The van der Waals surface area contributed by atoms with Crippen LogP contribution in [0.25, 0.3) is 0 Å². The van der Waals surface area contributed by atoms with Crippen LogP contribution < -0.4 is 15.5 Å². The lowest BCUT2D eigenvalue weighted by atomic mass is 10.1. The predicted octanol–water partition coefficient (Wildman–Crippen LogP) is 3.22. The van der Waals surface area contributed by atoms with Crippen LogP contribution in [0, 0.1) is 0 Å². The van der Waals surface area contributed by atoms with Crippen LogP contribution in [-0.4, -0.2) is 57.0 Å². The quantitative estimate of drug-likeness (QED) is 0.364. The van der Waals surface area contributed by atoms with Gasteiger partial charge in [-0.15, -0.1) is 24.0 Å². The summed E-state index contributed by atoms with van der Waals surface area (Å²) in [4.78, 5) is 20.8. The number of rotatable bonds is 4. The summed E-state index contributed by atoms with van der Waals surface area (Å²) in [5.74, 6) is 0.791. The number of carbonyl (C=O) groups is 1. The Balaban J connectivity index is 0.00000300. The van der Waals surface area contributed by atoms with Crippen LogP contribution in [0.2, 0.25) is 5.02 Å². The minimum absolute atomic E-state index is 0. The van der Waals surface area contributed by atoms with Crippen LogP contribution in [0.15, 0.2) is 53.5 Å². The number of hydrogen-bond donors (Lipinski definition) is 2. The fraction of sp³-hybridized carbons (Fsp3) is 0.333. The zero-order valence-electron chi connectivity index (χ0n) is 16.7. The van der Waals surface area contributed by atoms with E-state index >= 15 is 0 Å². The Hall–Kier alpha value is -2.00. The highest BCUT2D eigenvalue weighted by Gasteiger charge is 2.20. The first kappa shape index (κ1) is 23.3. The Morgan fingerprint density at radius 2 is 1.83 bits per heavy atom. The highest BCUT2D eigenvalue weighted by atomic mass is 127. The second kappa shape index (κ2) is 11.3. The predicted molar refractivity (Wildman–Crippen MR) is 131 cm³/mol. The van der Waals surface area contributed by atoms with Crippen LogP contribution in [0.4, 0.5) is 5.69 Å². The number of hydrogen-bond acceptors (Lipinski definition) is 3. The van der Waals surface area contributed by atoms with Crippen molar-refractivity contribution in [1.82, 2.24) is 15.5 Å². The zero-order chi connectivity index (χ0) is 19.9. The molecule has 0 unspecified atom stereocenters. The van der Waals surface area contributed by atoms with Gasteiger partial charge in [-0.2, -0.15) is 0 Å². The van der Waals surface area contributed by atoms with E-state index in [1.165, 1.54) is 0 Å². The third kappa shape index (κ3) is 6.24. The van der Waals surface area contributed by atoms with Crippen molar-refractivity contribution in [2.75, 3.05) is 45.2 Å². The van der Waals surface area contributed by atoms with E-state index in [-0.39, 0.29) is 29.9 Å².